The first-order chi connectivity index (χ1) is 22.3. The van der Waals surface area contributed by atoms with Crippen molar-refractivity contribution in [3.63, 3.8) is 0 Å². The average molecular weight is 660 g/mol. The third kappa shape index (κ3) is 11.0. The van der Waals surface area contributed by atoms with Gasteiger partial charge in [0.05, 0.1) is 55.5 Å². The molecule has 0 aromatic heterocycles. The lowest BCUT2D eigenvalue weighted by atomic mass is 9.72. The van der Waals surface area contributed by atoms with Gasteiger partial charge < -0.3 is 60.8 Å². The predicted octanol–water partition coefficient (Wildman–Crippen LogP) is 0.993. The highest BCUT2D eigenvalue weighted by atomic mass is 16.6. The lowest BCUT2D eigenvalue weighted by molar-refractivity contribution is -0.198. The number of ether oxygens (including phenoxy) is 4. The molecule has 14 atom stereocenters. The standard InChI is InChI=1S/C34H65N3O9/c1-3-36-24(7-4-22-10-12-37-32(35)15-22)19-44-31-17-23(16-30(43-2)33(31)42)34-26(11-13-38)28(41)18-25(46-34)8-5-21-6-9-27(40)29(14-21)45-20-39/h21-34,36-42H,3-20,35H2,1-2H3/t21?,22?,23?,24-,25+,26+,27?,28+,29?,30?,31?,32?,33?,34+/m1/s1. The number of methoxy groups -OCH3 is 1. The molecule has 2 aliphatic carbocycles. The van der Waals surface area contributed by atoms with Gasteiger partial charge in [0.2, 0.25) is 0 Å². The molecule has 0 aromatic rings. The highest BCUT2D eigenvalue weighted by Gasteiger charge is 2.47. The van der Waals surface area contributed by atoms with Crippen LogP contribution >= 0.6 is 0 Å². The summed E-state index contributed by atoms with van der Waals surface area (Å²) in [5.41, 5.74) is 6.13. The summed E-state index contributed by atoms with van der Waals surface area (Å²) in [6, 6.07) is 0.173. The minimum absolute atomic E-state index is 0.00618. The van der Waals surface area contributed by atoms with Gasteiger partial charge in [0.1, 0.15) is 12.9 Å². The molecule has 0 bridgehead atoms. The van der Waals surface area contributed by atoms with E-state index in [1.54, 1.807) is 7.11 Å². The molecule has 2 heterocycles. The SMILES string of the molecule is CCN[C@H](CCC1CCNC(N)C1)COC1CC([C@@H]2O[C@@H](CCC3CCC(O)C(OCO)C3)C[C@H](O)[C@@H]2CCO)CC(OC)C1O. The molecule has 12 heteroatoms. The van der Waals surface area contributed by atoms with Crippen LogP contribution in [0.4, 0.5) is 0 Å². The number of hydrogen-bond donors (Lipinski definition) is 8. The van der Waals surface area contributed by atoms with Crippen molar-refractivity contribution in [2.75, 3.05) is 40.2 Å². The number of likely N-dealkylation sites (N-methyl/N-ethyl adjacent to an activating group) is 1. The normalized spacial score (nSPS) is 41.3. The summed E-state index contributed by atoms with van der Waals surface area (Å²) in [5.74, 6) is 0.739. The van der Waals surface area contributed by atoms with Gasteiger partial charge in [0.15, 0.2) is 0 Å². The fraction of sp³-hybridized carbons (Fsp3) is 1.00. The van der Waals surface area contributed by atoms with Gasteiger partial charge in [-0.15, -0.1) is 0 Å². The quantitative estimate of drug-likeness (QED) is 0.104. The van der Waals surface area contributed by atoms with E-state index in [-0.39, 0.29) is 49.0 Å². The van der Waals surface area contributed by atoms with E-state index in [1.807, 2.05) is 0 Å². The lowest BCUT2D eigenvalue weighted by Gasteiger charge is -2.48. The second-order valence-corrected chi connectivity index (χ2v) is 14.5. The Bertz CT molecular complexity index is 846. The van der Waals surface area contributed by atoms with Gasteiger partial charge in [0.25, 0.3) is 0 Å². The molecule has 9 unspecified atom stereocenters. The third-order valence-electron chi connectivity index (χ3n) is 11.4. The summed E-state index contributed by atoms with van der Waals surface area (Å²) in [7, 11) is 1.62. The summed E-state index contributed by atoms with van der Waals surface area (Å²) in [6.07, 6.45) is 6.81. The monoisotopic (exact) mass is 659 g/mol. The summed E-state index contributed by atoms with van der Waals surface area (Å²) in [5, 5.41) is 58.8. The van der Waals surface area contributed by atoms with Crippen molar-refractivity contribution < 1.29 is 44.5 Å². The topological polar surface area (TPSA) is 188 Å². The van der Waals surface area contributed by atoms with Gasteiger partial charge in [-0.3, -0.25) is 0 Å². The lowest BCUT2D eigenvalue weighted by Crippen LogP contribution is -2.55. The number of aliphatic hydroxyl groups excluding tert-OH is 5. The number of nitrogens with one attached hydrogen (secondary N) is 2. The van der Waals surface area contributed by atoms with E-state index in [0.717, 1.165) is 58.0 Å². The van der Waals surface area contributed by atoms with Crippen LogP contribution in [0.5, 0.6) is 0 Å². The first-order valence-corrected chi connectivity index (χ1v) is 18.2. The highest BCUT2D eigenvalue weighted by Crippen LogP contribution is 2.42. The Kier molecular flexibility index (Phi) is 16.4. The van der Waals surface area contributed by atoms with Crippen molar-refractivity contribution >= 4 is 0 Å². The van der Waals surface area contributed by atoms with Crippen LogP contribution in [0, 0.1) is 23.7 Å². The molecule has 4 rings (SSSR count). The summed E-state index contributed by atoms with van der Waals surface area (Å²) in [4.78, 5) is 0. The molecule has 0 radical (unpaired) electrons. The van der Waals surface area contributed by atoms with E-state index >= 15 is 0 Å². The van der Waals surface area contributed by atoms with Crippen molar-refractivity contribution in [3.8, 4) is 0 Å². The predicted molar refractivity (Wildman–Crippen MR) is 174 cm³/mol. The third-order valence-corrected chi connectivity index (χ3v) is 11.4. The van der Waals surface area contributed by atoms with E-state index in [0.29, 0.717) is 57.0 Å². The molecule has 46 heavy (non-hydrogen) atoms. The zero-order valence-corrected chi connectivity index (χ0v) is 28.3. The summed E-state index contributed by atoms with van der Waals surface area (Å²) < 4.78 is 24.4. The molecule has 2 saturated carbocycles. The van der Waals surface area contributed by atoms with Crippen molar-refractivity contribution in [2.45, 2.75) is 151 Å². The van der Waals surface area contributed by atoms with Gasteiger partial charge in [-0.25, -0.2) is 0 Å². The van der Waals surface area contributed by atoms with Gasteiger partial charge in [-0.05, 0) is 114 Å². The van der Waals surface area contributed by atoms with Gasteiger partial charge in [-0.2, -0.15) is 0 Å². The van der Waals surface area contributed by atoms with E-state index in [9.17, 15) is 25.5 Å². The maximum absolute atomic E-state index is 11.3. The Labute approximate surface area is 276 Å². The van der Waals surface area contributed by atoms with Crippen molar-refractivity contribution in [3.05, 3.63) is 0 Å². The van der Waals surface area contributed by atoms with Crippen molar-refractivity contribution in [2.24, 2.45) is 29.4 Å². The zero-order valence-electron chi connectivity index (χ0n) is 28.3. The Balaban J connectivity index is 1.37. The first kappa shape index (κ1) is 38.3. The van der Waals surface area contributed by atoms with Crippen LogP contribution in [-0.4, -0.2) is 127 Å². The fourth-order valence-corrected chi connectivity index (χ4v) is 8.74. The molecule has 0 amide bonds. The average Bonchev–Trinajstić information content (AvgIpc) is 3.04. The first-order valence-electron chi connectivity index (χ1n) is 18.2. The second kappa shape index (κ2) is 19.6. The Morgan fingerprint density at radius 1 is 0.870 bits per heavy atom. The Hall–Kier alpha value is -0.480. The van der Waals surface area contributed by atoms with E-state index in [4.69, 9.17) is 24.7 Å². The summed E-state index contributed by atoms with van der Waals surface area (Å²) >= 11 is 0. The zero-order chi connectivity index (χ0) is 33.1. The molecular weight excluding hydrogens is 594 g/mol. The maximum atomic E-state index is 11.3. The van der Waals surface area contributed by atoms with Crippen LogP contribution in [0.25, 0.3) is 0 Å². The second-order valence-electron chi connectivity index (χ2n) is 14.5. The van der Waals surface area contributed by atoms with Crippen LogP contribution in [0.1, 0.15) is 90.4 Å². The molecule has 270 valence electrons. The van der Waals surface area contributed by atoms with Gasteiger partial charge in [-0.1, -0.05) is 6.92 Å². The van der Waals surface area contributed by atoms with Crippen molar-refractivity contribution in [1.29, 1.82) is 0 Å². The molecule has 0 spiro atoms. The van der Waals surface area contributed by atoms with Crippen LogP contribution in [0.3, 0.4) is 0 Å². The van der Waals surface area contributed by atoms with Crippen LogP contribution < -0.4 is 16.4 Å². The number of nitrogens with two attached hydrogens (primary N) is 1. The minimum atomic E-state index is -0.762. The van der Waals surface area contributed by atoms with Crippen LogP contribution in [0.2, 0.25) is 0 Å². The van der Waals surface area contributed by atoms with Gasteiger partial charge in [0, 0.05) is 25.7 Å². The number of hydrogen-bond acceptors (Lipinski definition) is 12. The minimum Gasteiger partial charge on any atom is -0.396 e. The molecule has 4 fully saturated rings. The molecule has 4 aliphatic rings. The molecule has 2 saturated heterocycles. The molecule has 12 nitrogen and oxygen atoms in total. The molecule has 2 aliphatic heterocycles. The largest absolute Gasteiger partial charge is 0.396 e. The number of rotatable bonds is 17. The Morgan fingerprint density at radius 3 is 2.37 bits per heavy atom. The molecular formula is C34H65N3O9. The smallest absolute Gasteiger partial charge is 0.144 e. The van der Waals surface area contributed by atoms with Crippen LogP contribution in [0.15, 0.2) is 0 Å². The van der Waals surface area contributed by atoms with E-state index < -0.39 is 37.3 Å². The molecule has 9 N–H and O–H groups in total. The molecule has 0 aromatic carbocycles. The number of aliphatic hydroxyl groups is 5. The van der Waals surface area contributed by atoms with Crippen LogP contribution in [-0.2, 0) is 18.9 Å². The van der Waals surface area contributed by atoms with E-state index in [1.165, 1.54) is 0 Å². The Morgan fingerprint density at radius 2 is 1.65 bits per heavy atom. The summed E-state index contributed by atoms with van der Waals surface area (Å²) in [6.45, 7) is 3.96. The maximum Gasteiger partial charge on any atom is 0.144 e. The van der Waals surface area contributed by atoms with Crippen molar-refractivity contribution in [1.82, 2.24) is 10.6 Å². The van der Waals surface area contributed by atoms with E-state index in [2.05, 4.69) is 17.6 Å². The number of piperidine rings is 1. The van der Waals surface area contributed by atoms with Gasteiger partial charge >= 0.3 is 0 Å². The fourth-order valence-electron chi connectivity index (χ4n) is 8.74. The highest BCUT2D eigenvalue weighted by molar-refractivity contribution is 4.97.